The molecule has 0 aliphatic heterocycles. The minimum absolute atomic E-state index is 0.522. The van der Waals surface area contributed by atoms with Crippen LogP contribution in [0.3, 0.4) is 0 Å². The number of aliphatic carboxylic acids is 1. The molecule has 2 aromatic rings. The van der Waals surface area contributed by atoms with Crippen molar-refractivity contribution in [2.24, 2.45) is 12.5 Å². The second-order valence-corrected chi connectivity index (χ2v) is 5.79. The fourth-order valence-corrected chi connectivity index (χ4v) is 3.22. The van der Waals surface area contributed by atoms with Crippen LogP contribution in [-0.4, -0.2) is 20.9 Å². The zero-order valence-corrected chi connectivity index (χ0v) is 11.8. The molecule has 3 rings (SSSR count). The van der Waals surface area contributed by atoms with Crippen molar-refractivity contribution >= 4 is 5.97 Å². The summed E-state index contributed by atoms with van der Waals surface area (Å²) in [5.74, 6) is -0.715. The lowest BCUT2D eigenvalue weighted by Gasteiger charge is -2.23. The van der Waals surface area contributed by atoms with E-state index in [9.17, 15) is 9.90 Å². The van der Waals surface area contributed by atoms with Crippen LogP contribution in [0.2, 0.25) is 0 Å². The van der Waals surface area contributed by atoms with Gasteiger partial charge in [-0.15, -0.1) is 0 Å². The van der Waals surface area contributed by atoms with Crippen LogP contribution in [0.25, 0.3) is 0 Å². The van der Waals surface area contributed by atoms with Gasteiger partial charge in [0.1, 0.15) is 0 Å². The van der Waals surface area contributed by atoms with E-state index in [1.807, 2.05) is 44.3 Å². The number of aromatic nitrogens is 2. The lowest BCUT2D eigenvalue weighted by Crippen LogP contribution is -2.35. The Hall–Kier alpha value is -2.10. The number of hydrogen-bond donors (Lipinski definition) is 1. The molecule has 1 N–H and O–H groups in total. The second-order valence-electron chi connectivity index (χ2n) is 5.79. The van der Waals surface area contributed by atoms with Gasteiger partial charge in [-0.3, -0.25) is 9.48 Å². The number of carboxylic acid groups (broad SMARTS) is 1. The monoisotopic (exact) mass is 270 g/mol. The summed E-state index contributed by atoms with van der Waals surface area (Å²) in [4.78, 5) is 11.9. The van der Waals surface area contributed by atoms with Crippen LogP contribution in [0.5, 0.6) is 0 Å². The molecular formula is C16H18N2O2. The first-order valence-corrected chi connectivity index (χ1v) is 6.80. The Morgan fingerprint density at radius 2 is 1.95 bits per heavy atom. The van der Waals surface area contributed by atoms with E-state index in [-0.39, 0.29) is 0 Å². The molecule has 0 fully saturated rings. The molecule has 1 aromatic carbocycles. The van der Waals surface area contributed by atoms with Crippen molar-refractivity contribution in [2.75, 3.05) is 0 Å². The highest BCUT2D eigenvalue weighted by atomic mass is 16.4. The van der Waals surface area contributed by atoms with Crippen LogP contribution in [-0.2, 0) is 31.1 Å². The Bertz CT molecular complexity index is 648. The largest absolute Gasteiger partial charge is 0.481 e. The van der Waals surface area contributed by atoms with Gasteiger partial charge in [0.25, 0.3) is 0 Å². The smallest absolute Gasteiger partial charge is 0.310 e. The van der Waals surface area contributed by atoms with Crippen molar-refractivity contribution in [3.05, 3.63) is 52.8 Å². The minimum Gasteiger partial charge on any atom is -0.481 e. The molecule has 0 bridgehead atoms. The summed E-state index contributed by atoms with van der Waals surface area (Å²) in [7, 11) is 1.87. The number of benzene rings is 1. The summed E-state index contributed by atoms with van der Waals surface area (Å²) in [5.41, 5.74) is 3.50. The molecule has 0 radical (unpaired) electrons. The highest BCUT2D eigenvalue weighted by Crippen LogP contribution is 2.40. The number of nitrogens with zero attached hydrogens (tertiary/aromatic N) is 2. The van der Waals surface area contributed by atoms with Crippen LogP contribution >= 0.6 is 0 Å². The molecule has 4 heteroatoms. The van der Waals surface area contributed by atoms with Gasteiger partial charge in [0.2, 0.25) is 0 Å². The van der Waals surface area contributed by atoms with Gasteiger partial charge in [-0.25, -0.2) is 0 Å². The van der Waals surface area contributed by atoms with Crippen LogP contribution in [0.1, 0.15) is 22.5 Å². The number of carbonyl (C=O) groups is 1. The number of hydrogen-bond acceptors (Lipinski definition) is 2. The van der Waals surface area contributed by atoms with Crippen molar-refractivity contribution in [1.82, 2.24) is 9.78 Å². The van der Waals surface area contributed by atoms with E-state index >= 15 is 0 Å². The Labute approximate surface area is 118 Å². The minimum atomic E-state index is -0.732. The highest BCUT2D eigenvalue weighted by Gasteiger charge is 2.44. The molecule has 0 amide bonds. The topological polar surface area (TPSA) is 55.1 Å². The van der Waals surface area contributed by atoms with Gasteiger partial charge in [-0.1, -0.05) is 24.3 Å². The van der Waals surface area contributed by atoms with Gasteiger partial charge in [-0.2, -0.15) is 5.10 Å². The Balaban J connectivity index is 1.96. The first kappa shape index (κ1) is 12.9. The van der Waals surface area contributed by atoms with E-state index < -0.39 is 11.4 Å². The maximum Gasteiger partial charge on any atom is 0.310 e. The summed E-state index contributed by atoms with van der Waals surface area (Å²) in [6.07, 6.45) is 1.72. The number of rotatable bonds is 3. The third-order valence-corrected chi connectivity index (χ3v) is 4.25. The molecular weight excluding hydrogens is 252 g/mol. The predicted octanol–water partition coefficient (Wildman–Crippen LogP) is 2.14. The highest BCUT2D eigenvalue weighted by molar-refractivity contribution is 5.77. The van der Waals surface area contributed by atoms with Gasteiger partial charge in [-0.05, 0) is 37.0 Å². The summed E-state index contributed by atoms with van der Waals surface area (Å²) in [6, 6.07) is 10.0. The van der Waals surface area contributed by atoms with E-state index in [4.69, 9.17) is 0 Å². The first-order valence-electron chi connectivity index (χ1n) is 6.80. The van der Waals surface area contributed by atoms with E-state index in [1.165, 1.54) is 0 Å². The molecule has 0 saturated heterocycles. The van der Waals surface area contributed by atoms with Gasteiger partial charge in [0.05, 0.1) is 11.1 Å². The van der Waals surface area contributed by atoms with Crippen LogP contribution < -0.4 is 0 Å². The summed E-state index contributed by atoms with van der Waals surface area (Å²) < 4.78 is 1.79. The fourth-order valence-electron chi connectivity index (χ4n) is 3.22. The van der Waals surface area contributed by atoms with Crippen molar-refractivity contribution in [1.29, 1.82) is 0 Å². The van der Waals surface area contributed by atoms with E-state index in [0.717, 1.165) is 22.5 Å². The average molecular weight is 270 g/mol. The molecule has 0 spiro atoms. The molecule has 104 valence electrons. The second kappa shape index (κ2) is 4.47. The standard InChI is InChI=1S/C16H18N2O2/c1-11-7-14(18(2)17-11)10-16(15(19)20)8-12-5-3-4-6-13(12)9-16/h3-7H,8-10H2,1-2H3,(H,19,20). The molecule has 1 aliphatic rings. The lowest BCUT2D eigenvalue weighted by atomic mass is 9.80. The summed E-state index contributed by atoms with van der Waals surface area (Å²) in [5, 5.41) is 14.1. The van der Waals surface area contributed by atoms with E-state index in [1.54, 1.807) is 4.68 Å². The van der Waals surface area contributed by atoms with Crippen molar-refractivity contribution < 1.29 is 9.90 Å². The average Bonchev–Trinajstić information content (AvgIpc) is 2.90. The number of aryl methyl sites for hydroxylation is 2. The Morgan fingerprint density at radius 1 is 1.35 bits per heavy atom. The van der Waals surface area contributed by atoms with Gasteiger partial charge >= 0.3 is 5.97 Å². The third kappa shape index (κ3) is 2.01. The third-order valence-electron chi connectivity index (χ3n) is 4.25. The van der Waals surface area contributed by atoms with Crippen molar-refractivity contribution in [2.45, 2.75) is 26.2 Å². The van der Waals surface area contributed by atoms with Crippen LogP contribution in [0.4, 0.5) is 0 Å². The SMILES string of the molecule is Cc1cc(CC2(C(=O)O)Cc3ccccc3C2)n(C)n1. The van der Waals surface area contributed by atoms with Crippen molar-refractivity contribution in [3.8, 4) is 0 Å². The number of carboxylic acids is 1. The Morgan fingerprint density at radius 3 is 2.40 bits per heavy atom. The molecule has 0 atom stereocenters. The molecule has 1 aliphatic carbocycles. The summed E-state index contributed by atoms with van der Waals surface area (Å²) >= 11 is 0. The maximum atomic E-state index is 11.9. The quantitative estimate of drug-likeness (QED) is 0.929. The number of fused-ring (bicyclic) bond motifs is 1. The van der Waals surface area contributed by atoms with Gasteiger partial charge in [0, 0.05) is 19.2 Å². The maximum absolute atomic E-state index is 11.9. The van der Waals surface area contributed by atoms with E-state index in [0.29, 0.717) is 19.3 Å². The molecule has 0 saturated carbocycles. The Kier molecular flexibility index (Phi) is 2.89. The fraction of sp³-hybridized carbons (Fsp3) is 0.375. The van der Waals surface area contributed by atoms with Gasteiger partial charge in [0.15, 0.2) is 0 Å². The zero-order chi connectivity index (χ0) is 14.3. The van der Waals surface area contributed by atoms with Crippen molar-refractivity contribution in [3.63, 3.8) is 0 Å². The molecule has 1 heterocycles. The van der Waals surface area contributed by atoms with Crippen LogP contribution in [0, 0.1) is 12.3 Å². The molecule has 4 nitrogen and oxygen atoms in total. The van der Waals surface area contributed by atoms with Gasteiger partial charge < -0.3 is 5.11 Å². The van der Waals surface area contributed by atoms with E-state index in [2.05, 4.69) is 5.10 Å². The predicted molar refractivity (Wildman–Crippen MR) is 75.6 cm³/mol. The zero-order valence-electron chi connectivity index (χ0n) is 11.8. The molecule has 1 aromatic heterocycles. The summed E-state index contributed by atoms with van der Waals surface area (Å²) in [6.45, 7) is 1.93. The molecule has 0 unspecified atom stereocenters. The normalized spacial score (nSPS) is 16.1. The lowest BCUT2D eigenvalue weighted by molar-refractivity contribution is -0.148. The molecule has 20 heavy (non-hydrogen) atoms. The van der Waals surface area contributed by atoms with Crippen LogP contribution in [0.15, 0.2) is 30.3 Å². The first-order chi connectivity index (χ1) is 9.50.